The van der Waals surface area contributed by atoms with Gasteiger partial charge in [0.05, 0.1) is 0 Å². The van der Waals surface area contributed by atoms with Gasteiger partial charge in [0.2, 0.25) is 0 Å². The van der Waals surface area contributed by atoms with Crippen LogP contribution in [0.25, 0.3) is 0 Å². The molecule has 1 N–H and O–H groups in total. The first-order valence-electron chi connectivity index (χ1n) is 6.28. The molecule has 1 aliphatic heterocycles. The highest BCUT2D eigenvalue weighted by Crippen LogP contribution is 2.26. The second-order valence-corrected chi connectivity index (χ2v) is 6.08. The summed E-state index contributed by atoms with van der Waals surface area (Å²) in [6.07, 6.45) is 2.57. The number of benzene rings is 1. The number of aryl methyl sites for hydroxylation is 2. The summed E-state index contributed by atoms with van der Waals surface area (Å²) in [5, 5.41) is 3.71. The molecule has 2 rings (SSSR count). The summed E-state index contributed by atoms with van der Waals surface area (Å²) in [4.78, 5) is 2.41. The summed E-state index contributed by atoms with van der Waals surface area (Å²) in [7, 11) is 2.20. The molecule has 1 aliphatic rings. The molecule has 1 atom stereocenters. The Morgan fingerprint density at radius 3 is 2.53 bits per heavy atom. The molecule has 1 saturated heterocycles. The van der Waals surface area contributed by atoms with Crippen molar-refractivity contribution in [2.75, 3.05) is 25.5 Å². The van der Waals surface area contributed by atoms with E-state index in [1.54, 1.807) is 0 Å². The minimum Gasteiger partial charge on any atom is -0.381 e. The van der Waals surface area contributed by atoms with Gasteiger partial charge < -0.3 is 10.2 Å². The van der Waals surface area contributed by atoms with Crippen molar-refractivity contribution >= 4 is 21.6 Å². The molecule has 1 aromatic carbocycles. The van der Waals surface area contributed by atoms with Crippen molar-refractivity contribution in [3.63, 3.8) is 0 Å². The second kappa shape index (κ2) is 5.40. The van der Waals surface area contributed by atoms with Gasteiger partial charge in [-0.2, -0.15) is 0 Å². The van der Waals surface area contributed by atoms with E-state index < -0.39 is 0 Å². The first kappa shape index (κ1) is 12.9. The predicted molar refractivity (Wildman–Crippen MR) is 77.8 cm³/mol. The maximum absolute atomic E-state index is 3.71. The number of likely N-dealkylation sites (tertiary alicyclic amines) is 1. The average molecular weight is 297 g/mol. The Bertz CT molecular complexity index is 380. The van der Waals surface area contributed by atoms with E-state index in [0.717, 1.165) is 6.54 Å². The molecule has 94 valence electrons. The molecule has 1 fully saturated rings. The van der Waals surface area contributed by atoms with Crippen LogP contribution >= 0.6 is 15.9 Å². The van der Waals surface area contributed by atoms with Gasteiger partial charge in [-0.05, 0) is 63.5 Å². The van der Waals surface area contributed by atoms with Crippen molar-refractivity contribution in [1.82, 2.24) is 4.90 Å². The van der Waals surface area contributed by atoms with Crippen molar-refractivity contribution in [3.8, 4) is 0 Å². The van der Waals surface area contributed by atoms with Crippen LogP contribution in [0.15, 0.2) is 16.6 Å². The quantitative estimate of drug-likeness (QED) is 0.897. The molecule has 3 heteroatoms. The summed E-state index contributed by atoms with van der Waals surface area (Å²) in [5.74, 6) is 0. The Hall–Kier alpha value is -0.540. The van der Waals surface area contributed by atoms with Gasteiger partial charge in [-0.3, -0.25) is 0 Å². The molecule has 0 aromatic heterocycles. The largest absolute Gasteiger partial charge is 0.381 e. The zero-order valence-corrected chi connectivity index (χ0v) is 12.5. The maximum atomic E-state index is 3.71. The van der Waals surface area contributed by atoms with Gasteiger partial charge in [0.25, 0.3) is 0 Å². The Balaban J connectivity index is 2.12. The van der Waals surface area contributed by atoms with Crippen molar-refractivity contribution in [3.05, 3.63) is 27.7 Å². The summed E-state index contributed by atoms with van der Waals surface area (Å²) in [6.45, 7) is 6.73. The Morgan fingerprint density at radius 1 is 1.29 bits per heavy atom. The third kappa shape index (κ3) is 3.23. The summed E-state index contributed by atoms with van der Waals surface area (Å²) in [6, 6.07) is 4.95. The van der Waals surface area contributed by atoms with Crippen molar-refractivity contribution < 1.29 is 0 Å². The molecule has 17 heavy (non-hydrogen) atoms. The predicted octanol–water partition coefficient (Wildman–Crippen LogP) is 3.57. The fraction of sp³-hybridized carbons (Fsp3) is 0.571. The van der Waals surface area contributed by atoms with Crippen LogP contribution in [0.4, 0.5) is 5.69 Å². The molecule has 1 heterocycles. The van der Waals surface area contributed by atoms with E-state index in [1.807, 2.05) is 0 Å². The van der Waals surface area contributed by atoms with Crippen LogP contribution in [-0.2, 0) is 0 Å². The zero-order chi connectivity index (χ0) is 12.4. The van der Waals surface area contributed by atoms with Crippen molar-refractivity contribution in [2.24, 2.45) is 0 Å². The molecule has 0 amide bonds. The SMILES string of the molecule is Cc1cc(Br)cc(C)c1NC1CCCN(C)C1. The van der Waals surface area contributed by atoms with E-state index in [4.69, 9.17) is 0 Å². The third-order valence-corrected chi connectivity index (χ3v) is 3.93. The summed E-state index contributed by atoms with van der Waals surface area (Å²) >= 11 is 3.55. The average Bonchev–Trinajstić information content (AvgIpc) is 2.23. The smallest absolute Gasteiger partial charge is 0.0402 e. The normalized spacial score (nSPS) is 21.5. The van der Waals surface area contributed by atoms with Crippen LogP contribution in [0.5, 0.6) is 0 Å². The van der Waals surface area contributed by atoms with Crippen LogP contribution in [0, 0.1) is 13.8 Å². The first-order chi connectivity index (χ1) is 8.06. The molecule has 1 aromatic rings. The number of anilines is 1. The highest BCUT2D eigenvalue weighted by molar-refractivity contribution is 9.10. The van der Waals surface area contributed by atoms with Crippen LogP contribution in [0.3, 0.4) is 0 Å². The molecule has 1 unspecified atom stereocenters. The van der Waals surface area contributed by atoms with E-state index in [2.05, 4.69) is 59.2 Å². The number of rotatable bonds is 2. The Kier molecular flexibility index (Phi) is 4.10. The molecule has 0 bridgehead atoms. The fourth-order valence-electron chi connectivity index (χ4n) is 2.63. The first-order valence-corrected chi connectivity index (χ1v) is 7.07. The number of nitrogens with one attached hydrogen (secondary N) is 1. The number of hydrogen-bond donors (Lipinski definition) is 1. The molecule has 0 radical (unpaired) electrons. The lowest BCUT2D eigenvalue weighted by Crippen LogP contribution is -2.40. The number of hydrogen-bond acceptors (Lipinski definition) is 2. The molecule has 0 aliphatic carbocycles. The van der Waals surface area contributed by atoms with Gasteiger partial charge in [0, 0.05) is 22.7 Å². The van der Waals surface area contributed by atoms with Crippen molar-refractivity contribution in [1.29, 1.82) is 0 Å². The van der Waals surface area contributed by atoms with Crippen LogP contribution in [0.1, 0.15) is 24.0 Å². The van der Waals surface area contributed by atoms with E-state index >= 15 is 0 Å². The third-order valence-electron chi connectivity index (χ3n) is 3.47. The van der Waals surface area contributed by atoms with Gasteiger partial charge in [0.1, 0.15) is 0 Å². The van der Waals surface area contributed by atoms with Gasteiger partial charge >= 0.3 is 0 Å². The lowest BCUT2D eigenvalue weighted by atomic mass is 10.0. The number of nitrogens with zero attached hydrogens (tertiary/aromatic N) is 1. The van der Waals surface area contributed by atoms with Gasteiger partial charge in [-0.25, -0.2) is 0 Å². The van der Waals surface area contributed by atoms with E-state index in [-0.39, 0.29) is 0 Å². The highest BCUT2D eigenvalue weighted by atomic mass is 79.9. The summed E-state index contributed by atoms with van der Waals surface area (Å²) < 4.78 is 1.17. The highest BCUT2D eigenvalue weighted by Gasteiger charge is 2.18. The van der Waals surface area contributed by atoms with Crippen LogP contribution in [-0.4, -0.2) is 31.1 Å². The van der Waals surface area contributed by atoms with Crippen molar-refractivity contribution in [2.45, 2.75) is 32.7 Å². The monoisotopic (exact) mass is 296 g/mol. The lowest BCUT2D eigenvalue weighted by Gasteiger charge is -2.31. The number of likely N-dealkylation sites (N-methyl/N-ethyl adjacent to an activating group) is 1. The number of halogens is 1. The topological polar surface area (TPSA) is 15.3 Å². The zero-order valence-electron chi connectivity index (χ0n) is 10.9. The fourth-order valence-corrected chi connectivity index (χ4v) is 3.31. The summed E-state index contributed by atoms with van der Waals surface area (Å²) in [5.41, 5.74) is 3.96. The van der Waals surface area contributed by atoms with Crippen LogP contribution < -0.4 is 5.32 Å². The molecule has 2 nitrogen and oxygen atoms in total. The van der Waals surface area contributed by atoms with E-state index in [1.165, 1.54) is 40.7 Å². The Morgan fingerprint density at radius 2 is 1.94 bits per heavy atom. The van der Waals surface area contributed by atoms with Gasteiger partial charge in [-0.1, -0.05) is 15.9 Å². The molecular formula is C14H21BrN2. The lowest BCUT2D eigenvalue weighted by molar-refractivity contribution is 0.261. The second-order valence-electron chi connectivity index (χ2n) is 5.16. The maximum Gasteiger partial charge on any atom is 0.0402 e. The number of piperidine rings is 1. The Labute approximate surface area is 113 Å². The molecule has 0 spiro atoms. The van der Waals surface area contributed by atoms with E-state index in [9.17, 15) is 0 Å². The standard InChI is InChI=1S/C14H21BrN2/c1-10-7-12(15)8-11(2)14(10)16-13-5-4-6-17(3)9-13/h7-8,13,16H,4-6,9H2,1-3H3. The van der Waals surface area contributed by atoms with Gasteiger partial charge in [0.15, 0.2) is 0 Å². The minimum atomic E-state index is 0.590. The minimum absolute atomic E-state index is 0.590. The van der Waals surface area contributed by atoms with Gasteiger partial charge in [-0.15, -0.1) is 0 Å². The molecule has 0 saturated carbocycles. The molecular weight excluding hydrogens is 276 g/mol. The van der Waals surface area contributed by atoms with Crippen LogP contribution in [0.2, 0.25) is 0 Å². The van der Waals surface area contributed by atoms with E-state index in [0.29, 0.717) is 6.04 Å².